The molecule has 208 valence electrons. The number of nitrogens with zero attached hydrogens (tertiary/aromatic N) is 4. The van der Waals surface area contributed by atoms with Crippen molar-refractivity contribution < 1.29 is 19.8 Å². The normalized spacial score (nSPS) is 10.7. The first kappa shape index (κ1) is 27.0. The molecular weight excluding hydrogens is 540 g/mol. The van der Waals surface area contributed by atoms with Crippen molar-refractivity contribution in [2.45, 2.75) is 0 Å². The van der Waals surface area contributed by atoms with Crippen LogP contribution in [-0.4, -0.2) is 37.1 Å². The van der Waals surface area contributed by atoms with E-state index in [0.29, 0.717) is 22.8 Å². The lowest BCUT2D eigenvalue weighted by molar-refractivity contribution is 0.0686. The van der Waals surface area contributed by atoms with E-state index in [4.69, 9.17) is 4.98 Å². The van der Waals surface area contributed by atoms with Gasteiger partial charge in [-0.2, -0.15) is 0 Å². The van der Waals surface area contributed by atoms with E-state index in [1.54, 1.807) is 0 Å². The highest BCUT2D eigenvalue weighted by Gasteiger charge is 2.16. The Bertz CT molecular complexity index is 1810. The Hall–Kier alpha value is -6.15. The van der Waals surface area contributed by atoms with Crippen molar-refractivity contribution >= 4 is 29.0 Å². The van der Waals surface area contributed by atoms with Crippen LogP contribution < -0.4 is 4.90 Å². The summed E-state index contributed by atoms with van der Waals surface area (Å²) in [6.45, 7) is 0. The van der Waals surface area contributed by atoms with Gasteiger partial charge in [0.05, 0.1) is 33.9 Å². The molecule has 3 aromatic carbocycles. The maximum atomic E-state index is 11.6. The quantitative estimate of drug-likeness (QED) is 0.193. The minimum absolute atomic E-state index is 0.0796. The van der Waals surface area contributed by atoms with Crippen molar-refractivity contribution in [2.24, 2.45) is 0 Å². The standard InChI is InChI=1S/C35H24N4O4/c40-34(41)24-15-17-36-30(19-24)32-21-26(22-33(38-32)31-20-25(35(42)43)16-18-37-31)23-11-13-29(14-12-23)39(27-7-3-1-4-8-27)28-9-5-2-6-10-28/h1-22H,(H,40,41)(H,42,43). The summed E-state index contributed by atoms with van der Waals surface area (Å²) < 4.78 is 0. The van der Waals surface area contributed by atoms with Crippen LogP contribution in [0.25, 0.3) is 33.9 Å². The Morgan fingerprint density at radius 3 is 1.37 bits per heavy atom. The van der Waals surface area contributed by atoms with Crippen LogP contribution in [0, 0.1) is 0 Å². The van der Waals surface area contributed by atoms with Crippen LogP contribution in [0.15, 0.2) is 134 Å². The van der Waals surface area contributed by atoms with E-state index in [9.17, 15) is 19.8 Å². The molecule has 0 aliphatic rings. The van der Waals surface area contributed by atoms with Gasteiger partial charge in [-0.1, -0.05) is 48.5 Å². The fourth-order valence-corrected chi connectivity index (χ4v) is 4.77. The third-order valence-corrected chi connectivity index (χ3v) is 6.85. The van der Waals surface area contributed by atoms with E-state index < -0.39 is 11.9 Å². The van der Waals surface area contributed by atoms with E-state index in [0.717, 1.165) is 28.2 Å². The summed E-state index contributed by atoms with van der Waals surface area (Å²) in [6.07, 6.45) is 2.85. The maximum Gasteiger partial charge on any atom is 0.335 e. The van der Waals surface area contributed by atoms with Crippen LogP contribution in [0.5, 0.6) is 0 Å². The number of anilines is 3. The average molecular weight is 565 g/mol. The second-order valence-corrected chi connectivity index (χ2v) is 9.65. The molecule has 0 atom stereocenters. The molecule has 0 saturated carbocycles. The number of carboxylic acid groups (broad SMARTS) is 2. The fraction of sp³-hybridized carbons (Fsp3) is 0. The van der Waals surface area contributed by atoms with E-state index in [2.05, 4.69) is 39.1 Å². The van der Waals surface area contributed by atoms with Gasteiger partial charge in [0.1, 0.15) is 0 Å². The van der Waals surface area contributed by atoms with Crippen molar-refractivity contribution in [1.82, 2.24) is 15.0 Å². The molecule has 2 N–H and O–H groups in total. The minimum Gasteiger partial charge on any atom is -0.478 e. The summed E-state index contributed by atoms with van der Waals surface area (Å²) in [5.74, 6) is -2.15. The van der Waals surface area contributed by atoms with Crippen LogP contribution in [0.2, 0.25) is 0 Å². The predicted octanol–water partition coefficient (Wildman–Crippen LogP) is 7.74. The van der Waals surface area contributed by atoms with Crippen molar-refractivity contribution in [3.63, 3.8) is 0 Å². The number of rotatable bonds is 8. The van der Waals surface area contributed by atoms with Crippen molar-refractivity contribution in [1.29, 1.82) is 0 Å². The number of para-hydroxylation sites is 2. The lowest BCUT2D eigenvalue weighted by Crippen LogP contribution is -2.09. The van der Waals surface area contributed by atoms with Gasteiger partial charge < -0.3 is 15.1 Å². The summed E-state index contributed by atoms with van der Waals surface area (Å²) >= 11 is 0. The van der Waals surface area contributed by atoms with Crippen LogP contribution in [-0.2, 0) is 0 Å². The van der Waals surface area contributed by atoms with Crippen molar-refractivity contribution in [3.05, 3.63) is 145 Å². The molecule has 0 amide bonds. The smallest absolute Gasteiger partial charge is 0.335 e. The highest BCUT2D eigenvalue weighted by atomic mass is 16.4. The average Bonchev–Trinajstić information content (AvgIpc) is 3.06. The molecule has 0 aliphatic heterocycles. The number of hydrogen-bond acceptors (Lipinski definition) is 6. The van der Waals surface area contributed by atoms with Gasteiger partial charge in [0.2, 0.25) is 0 Å². The number of aromatic carboxylic acids is 2. The number of carboxylic acids is 2. The summed E-state index contributed by atoms with van der Waals surface area (Å²) in [5.41, 5.74) is 6.40. The predicted molar refractivity (Wildman–Crippen MR) is 165 cm³/mol. The number of pyridine rings is 3. The molecule has 0 spiro atoms. The van der Waals surface area contributed by atoms with E-state index in [1.165, 1.54) is 36.7 Å². The summed E-state index contributed by atoms with van der Waals surface area (Å²) in [5, 5.41) is 19.0. The summed E-state index contributed by atoms with van der Waals surface area (Å²) in [6, 6.07) is 37.7. The van der Waals surface area contributed by atoms with Gasteiger partial charge in [-0.25, -0.2) is 14.6 Å². The SMILES string of the molecule is O=C(O)c1ccnc(-c2cc(-c3ccc(N(c4ccccc4)c4ccccc4)cc3)cc(-c3cc(C(=O)O)ccn3)n2)c1. The zero-order chi connectivity index (χ0) is 29.8. The van der Waals surface area contributed by atoms with E-state index in [1.807, 2.05) is 72.8 Å². The molecule has 0 fully saturated rings. The molecule has 3 aromatic heterocycles. The molecule has 6 aromatic rings. The Morgan fingerprint density at radius 2 is 0.930 bits per heavy atom. The van der Waals surface area contributed by atoms with E-state index >= 15 is 0 Å². The Balaban J connectivity index is 1.46. The van der Waals surface area contributed by atoms with Crippen LogP contribution >= 0.6 is 0 Å². The Labute approximate surface area is 247 Å². The Kier molecular flexibility index (Phi) is 7.39. The van der Waals surface area contributed by atoms with Gasteiger partial charge in [0.15, 0.2) is 0 Å². The van der Waals surface area contributed by atoms with Gasteiger partial charge in [0, 0.05) is 29.5 Å². The topological polar surface area (TPSA) is 117 Å². The van der Waals surface area contributed by atoms with Gasteiger partial charge in [-0.3, -0.25) is 9.97 Å². The third kappa shape index (κ3) is 5.84. The first-order valence-corrected chi connectivity index (χ1v) is 13.4. The largest absolute Gasteiger partial charge is 0.478 e. The molecule has 6 rings (SSSR count). The second-order valence-electron chi connectivity index (χ2n) is 9.65. The molecule has 0 saturated heterocycles. The first-order chi connectivity index (χ1) is 21.0. The fourth-order valence-electron chi connectivity index (χ4n) is 4.77. The van der Waals surface area contributed by atoms with Crippen molar-refractivity contribution in [3.8, 4) is 33.9 Å². The van der Waals surface area contributed by atoms with Gasteiger partial charge in [-0.05, 0) is 83.9 Å². The monoisotopic (exact) mass is 564 g/mol. The number of carbonyl (C=O) groups is 2. The number of aromatic nitrogens is 3. The molecule has 0 bridgehead atoms. The van der Waals surface area contributed by atoms with Gasteiger partial charge in [0.25, 0.3) is 0 Å². The zero-order valence-corrected chi connectivity index (χ0v) is 22.7. The Morgan fingerprint density at radius 1 is 0.488 bits per heavy atom. The maximum absolute atomic E-state index is 11.6. The summed E-state index contributed by atoms with van der Waals surface area (Å²) in [4.78, 5) is 38.9. The molecule has 3 heterocycles. The summed E-state index contributed by atoms with van der Waals surface area (Å²) in [7, 11) is 0. The third-order valence-electron chi connectivity index (χ3n) is 6.85. The molecule has 8 heteroatoms. The lowest BCUT2D eigenvalue weighted by Gasteiger charge is -2.25. The molecular formula is C35H24N4O4. The molecule has 0 radical (unpaired) electrons. The molecule has 8 nitrogen and oxygen atoms in total. The highest BCUT2D eigenvalue weighted by Crippen LogP contribution is 2.36. The zero-order valence-electron chi connectivity index (χ0n) is 22.7. The number of hydrogen-bond donors (Lipinski definition) is 2. The van der Waals surface area contributed by atoms with Crippen LogP contribution in [0.1, 0.15) is 20.7 Å². The van der Waals surface area contributed by atoms with Crippen LogP contribution in [0.3, 0.4) is 0 Å². The van der Waals surface area contributed by atoms with Crippen LogP contribution in [0.4, 0.5) is 17.1 Å². The molecule has 43 heavy (non-hydrogen) atoms. The second kappa shape index (κ2) is 11.8. The van der Waals surface area contributed by atoms with Gasteiger partial charge in [-0.15, -0.1) is 0 Å². The minimum atomic E-state index is -1.08. The van der Waals surface area contributed by atoms with Crippen molar-refractivity contribution in [2.75, 3.05) is 4.90 Å². The molecule has 0 unspecified atom stereocenters. The molecule has 0 aliphatic carbocycles. The number of benzene rings is 3. The first-order valence-electron chi connectivity index (χ1n) is 13.4. The lowest BCUT2D eigenvalue weighted by atomic mass is 10.0. The highest BCUT2D eigenvalue weighted by molar-refractivity contribution is 5.90. The van der Waals surface area contributed by atoms with Gasteiger partial charge >= 0.3 is 11.9 Å². The van der Waals surface area contributed by atoms with E-state index in [-0.39, 0.29) is 11.1 Å².